The summed E-state index contributed by atoms with van der Waals surface area (Å²) in [4.78, 5) is 24.4. The molecule has 0 saturated heterocycles. The molecule has 1 atom stereocenters. The van der Waals surface area contributed by atoms with Gasteiger partial charge < -0.3 is 14.6 Å². The summed E-state index contributed by atoms with van der Waals surface area (Å²) >= 11 is 0. The summed E-state index contributed by atoms with van der Waals surface area (Å²) in [6.07, 6.45) is 3.83. The maximum Gasteiger partial charge on any atom is 0.310 e. The highest BCUT2D eigenvalue weighted by molar-refractivity contribution is 6.01. The van der Waals surface area contributed by atoms with E-state index in [1.807, 2.05) is 6.92 Å². The minimum atomic E-state index is -0.417. The van der Waals surface area contributed by atoms with E-state index in [9.17, 15) is 14.7 Å². The summed E-state index contributed by atoms with van der Waals surface area (Å²) in [5, 5.41) is 9.95. The fourth-order valence-corrected chi connectivity index (χ4v) is 2.88. The number of phenols is 1. The maximum atomic E-state index is 12.6. The number of fused-ring (bicyclic) bond motifs is 1. The van der Waals surface area contributed by atoms with Crippen LogP contribution in [0.15, 0.2) is 12.1 Å². The van der Waals surface area contributed by atoms with Crippen LogP contribution in [-0.4, -0.2) is 29.6 Å². The number of ether oxygens (including phenoxy) is 2. The first-order valence-electron chi connectivity index (χ1n) is 8.26. The van der Waals surface area contributed by atoms with Gasteiger partial charge in [0.05, 0.1) is 24.7 Å². The van der Waals surface area contributed by atoms with Crippen molar-refractivity contribution in [1.29, 1.82) is 0 Å². The SMILES string of the molecule is CCOC(=O)Cc1cc(O)cc2c1C(=O)CCCC[C@H](CC)O2. The van der Waals surface area contributed by atoms with Crippen LogP contribution < -0.4 is 4.74 Å². The molecule has 1 heterocycles. The van der Waals surface area contributed by atoms with Gasteiger partial charge in [0, 0.05) is 12.5 Å². The van der Waals surface area contributed by atoms with Gasteiger partial charge >= 0.3 is 5.97 Å². The molecule has 0 aliphatic carbocycles. The van der Waals surface area contributed by atoms with Crippen LogP contribution in [0.3, 0.4) is 0 Å². The molecule has 1 aliphatic rings. The Balaban J connectivity index is 2.43. The lowest BCUT2D eigenvalue weighted by Crippen LogP contribution is -2.17. The average molecular weight is 320 g/mol. The summed E-state index contributed by atoms with van der Waals surface area (Å²) in [5.41, 5.74) is 0.886. The van der Waals surface area contributed by atoms with Crippen molar-refractivity contribution in [2.45, 2.75) is 58.5 Å². The van der Waals surface area contributed by atoms with Crippen LogP contribution in [0.2, 0.25) is 0 Å². The van der Waals surface area contributed by atoms with Crippen LogP contribution in [-0.2, 0) is 16.0 Å². The highest BCUT2D eigenvalue weighted by Crippen LogP contribution is 2.33. The molecule has 0 aromatic heterocycles. The lowest BCUT2D eigenvalue weighted by atomic mass is 9.96. The van der Waals surface area contributed by atoms with Crippen molar-refractivity contribution in [3.63, 3.8) is 0 Å². The van der Waals surface area contributed by atoms with E-state index in [4.69, 9.17) is 9.47 Å². The number of benzene rings is 1. The molecular formula is C18H24O5. The fourth-order valence-electron chi connectivity index (χ4n) is 2.88. The molecule has 0 radical (unpaired) electrons. The summed E-state index contributed by atoms with van der Waals surface area (Å²) in [6.45, 7) is 4.05. The molecule has 1 aromatic carbocycles. The van der Waals surface area contributed by atoms with Gasteiger partial charge in [0.15, 0.2) is 5.78 Å². The molecule has 0 amide bonds. The van der Waals surface area contributed by atoms with Crippen LogP contribution in [0.1, 0.15) is 61.9 Å². The van der Waals surface area contributed by atoms with Gasteiger partial charge in [-0.2, -0.15) is 0 Å². The number of rotatable bonds is 4. The monoisotopic (exact) mass is 320 g/mol. The summed E-state index contributed by atoms with van der Waals surface area (Å²) in [7, 11) is 0. The zero-order valence-corrected chi connectivity index (χ0v) is 13.8. The second kappa shape index (κ2) is 7.99. The number of esters is 1. The standard InChI is InChI=1S/C18H24O5/c1-3-14-7-5-6-8-15(20)18-12(10-17(21)22-4-2)9-13(19)11-16(18)23-14/h9,11,14,19H,3-8,10H2,1-2H3/t14-/m0/s1. The zero-order chi connectivity index (χ0) is 16.8. The number of phenolic OH excluding ortho intramolecular Hbond substituents is 1. The summed E-state index contributed by atoms with van der Waals surface area (Å²) in [6, 6.07) is 2.92. The van der Waals surface area contributed by atoms with Gasteiger partial charge in [0.1, 0.15) is 11.5 Å². The second-order valence-corrected chi connectivity index (χ2v) is 5.78. The Labute approximate surface area is 136 Å². The van der Waals surface area contributed by atoms with Gasteiger partial charge in [-0.3, -0.25) is 9.59 Å². The van der Waals surface area contributed by atoms with Gasteiger partial charge in [0.25, 0.3) is 0 Å². The topological polar surface area (TPSA) is 72.8 Å². The minimum absolute atomic E-state index is 0.00931. The first kappa shape index (κ1) is 17.3. The Morgan fingerprint density at radius 1 is 1.35 bits per heavy atom. The number of hydrogen-bond donors (Lipinski definition) is 1. The highest BCUT2D eigenvalue weighted by atomic mass is 16.5. The molecule has 1 aromatic rings. The van der Waals surface area contributed by atoms with Crippen molar-refractivity contribution < 1.29 is 24.2 Å². The molecule has 1 N–H and O–H groups in total. The predicted molar refractivity (Wildman–Crippen MR) is 85.9 cm³/mol. The fraction of sp³-hybridized carbons (Fsp3) is 0.556. The largest absolute Gasteiger partial charge is 0.508 e. The maximum absolute atomic E-state index is 12.6. The normalized spacial score (nSPS) is 18.2. The van der Waals surface area contributed by atoms with Gasteiger partial charge in [0.2, 0.25) is 0 Å². The Hall–Kier alpha value is -2.04. The predicted octanol–water partition coefficient (Wildman–Crippen LogP) is 3.41. The van der Waals surface area contributed by atoms with Gasteiger partial charge in [-0.25, -0.2) is 0 Å². The van der Waals surface area contributed by atoms with Crippen LogP contribution in [0.5, 0.6) is 11.5 Å². The van der Waals surface area contributed by atoms with E-state index in [0.29, 0.717) is 23.3 Å². The quantitative estimate of drug-likeness (QED) is 0.861. The summed E-state index contributed by atoms with van der Waals surface area (Å²) in [5.74, 6) is -0.0935. The Morgan fingerprint density at radius 2 is 2.13 bits per heavy atom. The molecule has 0 unspecified atom stereocenters. The molecule has 0 saturated carbocycles. The molecule has 126 valence electrons. The number of Topliss-reactive ketones (excluding diaryl/α,β-unsaturated/α-hetero) is 1. The van der Waals surface area contributed by atoms with E-state index < -0.39 is 5.97 Å². The van der Waals surface area contributed by atoms with Crippen LogP contribution >= 0.6 is 0 Å². The van der Waals surface area contributed by atoms with Crippen LogP contribution in [0, 0.1) is 0 Å². The third-order valence-corrected chi connectivity index (χ3v) is 4.02. The van der Waals surface area contributed by atoms with E-state index in [-0.39, 0.29) is 30.7 Å². The molecule has 1 aliphatic heterocycles. The Morgan fingerprint density at radius 3 is 2.83 bits per heavy atom. The van der Waals surface area contributed by atoms with Crippen LogP contribution in [0.25, 0.3) is 0 Å². The van der Waals surface area contributed by atoms with Crippen molar-refractivity contribution in [3.8, 4) is 11.5 Å². The van der Waals surface area contributed by atoms with E-state index in [0.717, 1.165) is 25.7 Å². The van der Waals surface area contributed by atoms with Crippen molar-refractivity contribution >= 4 is 11.8 Å². The number of hydrogen-bond acceptors (Lipinski definition) is 5. The lowest BCUT2D eigenvalue weighted by Gasteiger charge is -2.19. The molecule has 0 spiro atoms. The molecule has 0 fully saturated rings. The van der Waals surface area contributed by atoms with Crippen molar-refractivity contribution in [1.82, 2.24) is 0 Å². The Kier molecular flexibility index (Phi) is 6.02. The van der Waals surface area contributed by atoms with Gasteiger partial charge in [-0.1, -0.05) is 6.92 Å². The molecule has 5 nitrogen and oxygen atoms in total. The highest BCUT2D eigenvalue weighted by Gasteiger charge is 2.24. The first-order valence-corrected chi connectivity index (χ1v) is 8.26. The van der Waals surface area contributed by atoms with Crippen molar-refractivity contribution in [3.05, 3.63) is 23.3 Å². The number of carbonyl (C=O) groups is 2. The lowest BCUT2D eigenvalue weighted by molar-refractivity contribution is -0.142. The third kappa shape index (κ3) is 4.47. The molecule has 2 rings (SSSR count). The van der Waals surface area contributed by atoms with E-state index >= 15 is 0 Å². The molecule has 23 heavy (non-hydrogen) atoms. The Bertz CT molecular complexity index is 579. The van der Waals surface area contributed by atoms with Crippen molar-refractivity contribution in [2.75, 3.05) is 6.61 Å². The molecular weight excluding hydrogens is 296 g/mol. The van der Waals surface area contributed by atoms with Gasteiger partial charge in [-0.05, 0) is 44.2 Å². The number of ketones is 1. The zero-order valence-electron chi connectivity index (χ0n) is 13.8. The second-order valence-electron chi connectivity index (χ2n) is 5.78. The van der Waals surface area contributed by atoms with Crippen molar-refractivity contribution in [2.24, 2.45) is 0 Å². The number of aromatic hydroxyl groups is 1. The first-order chi connectivity index (χ1) is 11.0. The average Bonchev–Trinajstić information content (AvgIpc) is 2.56. The third-order valence-electron chi connectivity index (χ3n) is 4.02. The van der Waals surface area contributed by atoms with E-state index in [1.165, 1.54) is 12.1 Å². The number of carbonyl (C=O) groups excluding carboxylic acids is 2. The molecule has 5 heteroatoms. The minimum Gasteiger partial charge on any atom is -0.508 e. The van der Waals surface area contributed by atoms with E-state index in [1.54, 1.807) is 6.92 Å². The molecule has 0 bridgehead atoms. The van der Waals surface area contributed by atoms with E-state index in [2.05, 4.69) is 0 Å². The van der Waals surface area contributed by atoms with Gasteiger partial charge in [-0.15, -0.1) is 0 Å². The summed E-state index contributed by atoms with van der Waals surface area (Å²) < 4.78 is 10.9. The van der Waals surface area contributed by atoms with Crippen LogP contribution in [0.4, 0.5) is 0 Å². The smallest absolute Gasteiger partial charge is 0.310 e.